The molecule has 4 heterocycles. The van der Waals surface area contributed by atoms with Crippen molar-refractivity contribution in [3.63, 3.8) is 0 Å². The maximum atomic E-state index is 13.5. The molecular weight excluding hydrogens is 430 g/mol. The highest BCUT2D eigenvalue weighted by atomic mass is 32.2. The average molecular weight is 464 g/mol. The summed E-state index contributed by atoms with van der Waals surface area (Å²) in [7, 11) is 0. The van der Waals surface area contributed by atoms with Gasteiger partial charge in [-0.05, 0) is 57.4 Å². The number of carbonyl (C=O) groups excluding carboxylic acids is 1. The van der Waals surface area contributed by atoms with E-state index in [-0.39, 0.29) is 17.6 Å². The number of piperidine rings is 1. The van der Waals surface area contributed by atoms with Crippen molar-refractivity contribution < 1.29 is 9.53 Å². The van der Waals surface area contributed by atoms with Gasteiger partial charge in [-0.15, -0.1) is 11.3 Å². The summed E-state index contributed by atoms with van der Waals surface area (Å²) in [5.74, 6) is 0.483. The Morgan fingerprint density at radius 2 is 2.10 bits per heavy atom. The number of nitrogens with zero attached hydrogens (tertiary/aromatic N) is 3. The number of fused-ring (bicyclic) bond motifs is 1. The smallest absolute Gasteiger partial charge is 0.263 e. The molecule has 2 aromatic heterocycles. The predicted octanol–water partition coefficient (Wildman–Crippen LogP) is 4.39. The maximum Gasteiger partial charge on any atom is 0.263 e. The monoisotopic (exact) mass is 463 g/mol. The van der Waals surface area contributed by atoms with E-state index in [4.69, 9.17) is 9.72 Å². The van der Waals surface area contributed by atoms with Gasteiger partial charge in [-0.3, -0.25) is 14.2 Å². The van der Waals surface area contributed by atoms with Crippen LogP contribution in [0.3, 0.4) is 0 Å². The average Bonchev–Trinajstić information content (AvgIpc) is 3.41. The zero-order chi connectivity index (χ0) is 22.0. The molecule has 0 radical (unpaired) electrons. The topological polar surface area (TPSA) is 64.4 Å². The third-order valence-corrected chi connectivity index (χ3v) is 8.59. The van der Waals surface area contributed by atoms with Crippen molar-refractivity contribution in [1.29, 1.82) is 0 Å². The van der Waals surface area contributed by atoms with Crippen LogP contribution in [0.1, 0.15) is 62.8 Å². The van der Waals surface area contributed by atoms with Gasteiger partial charge in [0.25, 0.3) is 5.56 Å². The predicted molar refractivity (Wildman–Crippen MR) is 127 cm³/mol. The number of likely N-dealkylation sites (tertiary alicyclic amines) is 1. The number of aryl methyl sites for hydroxylation is 2. The fourth-order valence-corrected chi connectivity index (χ4v) is 6.93. The molecule has 4 rings (SSSR count). The molecule has 0 aliphatic carbocycles. The van der Waals surface area contributed by atoms with Gasteiger partial charge >= 0.3 is 0 Å². The minimum absolute atomic E-state index is 0.0149. The van der Waals surface area contributed by atoms with Gasteiger partial charge < -0.3 is 9.64 Å². The lowest BCUT2D eigenvalue weighted by molar-refractivity contribution is -0.132. The van der Waals surface area contributed by atoms with Crippen LogP contribution in [0.15, 0.2) is 9.95 Å². The molecule has 2 fully saturated rings. The van der Waals surface area contributed by atoms with Crippen LogP contribution in [0, 0.1) is 6.92 Å². The summed E-state index contributed by atoms with van der Waals surface area (Å²) in [6.45, 7) is 8.41. The summed E-state index contributed by atoms with van der Waals surface area (Å²) in [4.78, 5) is 35.4. The van der Waals surface area contributed by atoms with Crippen molar-refractivity contribution in [2.24, 2.45) is 0 Å². The van der Waals surface area contributed by atoms with Crippen molar-refractivity contribution in [3.8, 4) is 0 Å². The lowest BCUT2D eigenvalue weighted by Crippen LogP contribution is -2.44. The molecule has 8 heteroatoms. The molecular formula is C23H33N3O3S2. The second-order valence-electron chi connectivity index (χ2n) is 8.55. The normalized spacial score (nSPS) is 21.8. The molecule has 0 aromatic carbocycles. The van der Waals surface area contributed by atoms with Crippen LogP contribution in [-0.2, 0) is 22.5 Å². The lowest BCUT2D eigenvalue weighted by atomic mass is 10.0. The highest BCUT2D eigenvalue weighted by Gasteiger charge is 2.27. The lowest BCUT2D eigenvalue weighted by Gasteiger charge is -2.35. The summed E-state index contributed by atoms with van der Waals surface area (Å²) in [5.41, 5.74) is 1.12. The largest absolute Gasteiger partial charge is 0.376 e. The first-order valence-corrected chi connectivity index (χ1v) is 13.4. The Labute approximate surface area is 192 Å². The van der Waals surface area contributed by atoms with Crippen molar-refractivity contribution in [1.82, 2.24) is 14.5 Å². The molecule has 170 valence electrons. The van der Waals surface area contributed by atoms with Gasteiger partial charge in [0.05, 0.1) is 23.8 Å². The Bertz CT molecular complexity index is 994. The van der Waals surface area contributed by atoms with Crippen LogP contribution in [0.5, 0.6) is 0 Å². The zero-order valence-electron chi connectivity index (χ0n) is 18.8. The van der Waals surface area contributed by atoms with Gasteiger partial charge in [-0.2, -0.15) is 0 Å². The molecule has 2 atom stereocenters. The molecule has 2 aliphatic heterocycles. The Hall–Kier alpha value is -1.38. The minimum atomic E-state index is 0.0149. The number of rotatable bonds is 7. The Morgan fingerprint density at radius 1 is 1.26 bits per heavy atom. The standard InChI is InChI=1S/C23H33N3O3S2/c1-4-16-9-6-7-11-25(16)19(27)14-30-23-24-21-20(18(5-2)15(3)31-21)22(28)26(23)13-17-10-8-12-29-17/h16-17H,4-14H2,1-3H3. The summed E-state index contributed by atoms with van der Waals surface area (Å²) >= 11 is 2.99. The van der Waals surface area contributed by atoms with E-state index in [0.29, 0.717) is 23.5 Å². The second kappa shape index (κ2) is 10.0. The van der Waals surface area contributed by atoms with E-state index in [1.165, 1.54) is 18.2 Å². The van der Waals surface area contributed by atoms with Gasteiger partial charge in [0.2, 0.25) is 5.91 Å². The highest BCUT2D eigenvalue weighted by Crippen LogP contribution is 2.30. The summed E-state index contributed by atoms with van der Waals surface area (Å²) < 4.78 is 7.59. The molecule has 2 aromatic rings. The highest BCUT2D eigenvalue weighted by molar-refractivity contribution is 7.99. The van der Waals surface area contributed by atoms with E-state index >= 15 is 0 Å². The van der Waals surface area contributed by atoms with Gasteiger partial charge in [0.1, 0.15) is 4.83 Å². The molecule has 0 N–H and O–H groups in total. The fraction of sp³-hybridized carbons (Fsp3) is 0.696. The van der Waals surface area contributed by atoms with Crippen LogP contribution in [0.4, 0.5) is 0 Å². The third kappa shape index (κ3) is 4.71. The molecule has 31 heavy (non-hydrogen) atoms. The van der Waals surface area contributed by atoms with Gasteiger partial charge in [-0.1, -0.05) is 25.6 Å². The van der Waals surface area contributed by atoms with E-state index in [1.54, 1.807) is 15.9 Å². The molecule has 0 spiro atoms. The van der Waals surface area contributed by atoms with Crippen molar-refractivity contribution in [2.45, 2.75) is 89.6 Å². The summed E-state index contributed by atoms with van der Waals surface area (Å²) in [6.07, 6.45) is 7.23. The fourth-order valence-electron chi connectivity index (χ4n) is 4.88. The van der Waals surface area contributed by atoms with Gasteiger partial charge in [0, 0.05) is 24.1 Å². The molecule has 2 aliphatic rings. The van der Waals surface area contributed by atoms with Crippen molar-refractivity contribution in [2.75, 3.05) is 18.9 Å². The van der Waals surface area contributed by atoms with E-state index < -0.39 is 0 Å². The first-order valence-electron chi connectivity index (χ1n) is 11.6. The van der Waals surface area contributed by atoms with E-state index in [1.807, 2.05) is 4.90 Å². The van der Waals surface area contributed by atoms with E-state index in [2.05, 4.69) is 20.8 Å². The molecule has 2 saturated heterocycles. The van der Waals surface area contributed by atoms with Crippen LogP contribution >= 0.6 is 23.1 Å². The molecule has 2 unspecified atom stereocenters. The summed E-state index contributed by atoms with van der Waals surface area (Å²) in [5, 5.41) is 1.40. The van der Waals surface area contributed by atoms with Crippen LogP contribution in [0.2, 0.25) is 0 Å². The van der Waals surface area contributed by atoms with Crippen molar-refractivity contribution in [3.05, 3.63) is 20.8 Å². The number of ether oxygens (including phenoxy) is 1. The Kier molecular flexibility index (Phi) is 7.39. The van der Waals surface area contributed by atoms with E-state index in [9.17, 15) is 9.59 Å². The third-order valence-electron chi connectivity index (χ3n) is 6.58. The SMILES string of the molecule is CCc1c(C)sc2nc(SCC(=O)N3CCCCC3CC)n(CC3CCCO3)c(=O)c12. The number of hydrogen-bond donors (Lipinski definition) is 0. The van der Waals surface area contributed by atoms with Gasteiger partial charge in [-0.25, -0.2) is 4.98 Å². The number of aromatic nitrogens is 2. The van der Waals surface area contributed by atoms with Crippen LogP contribution in [0.25, 0.3) is 10.2 Å². The number of carbonyl (C=O) groups is 1. The molecule has 0 bridgehead atoms. The Balaban J connectivity index is 1.63. The second-order valence-corrected chi connectivity index (χ2v) is 10.7. The van der Waals surface area contributed by atoms with Crippen LogP contribution in [-0.4, -0.2) is 51.4 Å². The number of thioether (sulfide) groups is 1. The van der Waals surface area contributed by atoms with E-state index in [0.717, 1.165) is 72.3 Å². The molecule has 0 saturated carbocycles. The number of thiophene rings is 1. The zero-order valence-corrected chi connectivity index (χ0v) is 20.4. The van der Waals surface area contributed by atoms with Gasteiger partial charge in [0.15, 0.2) is 5.16 Å². The first kappa shape index (κ1) is 22.8. The minimum Gasteiger partial charge on any atom is -0.376 e. The number of hydrogen-bond acceptors (Lipinski definition) is 6. The number of amides is 1. The maximum absolute atomic E-state index is 13.5. The molecule has 6 nitrogen and oxygen atoms in total. The van der Waals surface area contributed by atoms with Crippen molar-refractivity contribution >= 4 is 39.2 Å². The first-order chi connectivity index (χ1) is 15.0. The molecule has 1 amide bonds. The van der Waals surface area contributed by atoms with Crippen LogP contribution < -0.4 is 5.56 Å². The summed E-state index contributed by atoms with van der Waals surface area (Å²) in [6, 6.07) is 0.346. The Morgan fingerprint density at radius 3 is 2.81 bits per heavy atom. The quantitative estimate of drug-likeness (QED) is 0.450.